The van der Waals surface area contributed by atoms with Crippen LogP contribution in [0.1, 0.15) is 50.7 Å². The van der Waals surface area contributed by atoms with Gasteiger partial charge < -0.3 is 4.57 Å². The summed E-state index contributed by atoms with van der Waals surface area (Å²) in [7, 11) is 2.08. The molecule has 0 bridgehead atoms. The van der Waals surface area contributed by atoms with Gasteiger partial charge in [0.15, 0.2) is 0 Å². The standard InChI is InChI=1S/C11H18BrN3/c1-11(6-4-3-5-7-11)10-14-13-9(8-12)15(10)2/h3-8H2,1-2H3. The summed E-state index contributed by atoms with van der Waals surface area (Å²) in [5, 5.41) is 9.37. The van der Waals surface area contributed by atoms with Crippen LogP contribution in [0.5, 0.6) is 0 Å². The average molecular weight is 272 g/mol. The molecule has 0 saturated heterocycles. The third-order valence-corrected chi connectivity index (χ3v) is 4.08. The SMILES string of the molecule is Cn1c(CBr)nnc1C1(C)CCCCC1. The summed E-state index contributed by atoms with van der Waals surface area (Å²) in [5.74, 6) is 2.19. The Labute approximate surface area is 99.4 Å². The lowest BCUT2D eigenvalue weighted by molar-refractivity contribution is 0.296. The van der Waals surface area contributed by atoms with E-state index in [-0.39, 0.29) is 5.41 Å². The first-order valence-corrected chi connectivity index (χ1v) is 6.74. The average Bonchev–Trinajstić information content (AvgIpc) is 2.61. The van der Waals surface area contributed by atoms with Gasteiger partial charge in [-0.3, -0.25) is 0 Å². The molecule has 1 aliphatic carbocycles. The van der Waals surface area contributed by atoms with Crippen LogP contribution in [0.15, 0.2) is 0 Å². The van der Waals surface area contributed by atoms with Crippen LogP contribution in [0.2, 0.25) is 0 Å². The van der Waals surface area contributed by atoms with Gasteiger partial charge in [0, 0.05) is 12.5 Å². The number of hydrogen-bond donors (Lipinski definition) is 0. The molecule has 1 aliphatic rings. The minimum Gasteiger partial charge on any atom is -0.317 e. The molecule has 1 heterocycles. The Kier molecular flexibility index (Phi) is 3.14. The zero-order chi connectivity index (χ0) is 10.9. The van der Waals surface area contributed by atoms with Crippen molar-refractivity contribution in [2.45, 2.75) is 49.8 Å². The molecule has 1 saturated carbocycles. The van der Waals surface area contributed by atoms with E-state index in [9.17, 15) is 0 Å². The maximum absolute atomic E-state index is 4.36. The molecule has 0 spiro atoms. The summed E-state index contributed by atoms with van der Waals surface area (Å²) >= 11 is 3.44. The molecule has 1 fully saturated rings. The maximum Gasteiger partial charge on any atom is 0.143 e. The molecule has 0 amide bonds. The van der Waals surface area contributed by atoms with Crippen molar-refractivity contribution >= 4 is 15.9 Å². The van der Waals surface area contributed by atoms with Crippen molar-refractivity contribution in [1.29, 1.82) is 0 Å². The quantitative estimate of drug-likeness (QED) is 0.775. The van der Waals surface area contributed by atoms with E-state index in [1.165, 1.54) is 32.1 Å². The topological polar surface area (TPSA) is 30.7 Å². The first-order valence-electron chi connectivity index (χ1n) is 5.62. The maximum atomic E-state index is 4.36. The molecule has 0 aliphatic heterocycles. The van der Waals surface area contributed by atoms with Crippen LogP contribution >= 0.6 is 15.9 Å². The summed E-state index contributed by atoms with van der Waals surface area (Å²) in [6.45, 7) is 2.33. The van der Waals surface area contributed by atoms with Gasteiger partial charge in [-0.2, -0.15) is 0 Å². The smallest absolute Gasteiger partial charge is 0.143 e. The van der Waals surface area contributed by atoms with E-state index in [1.807, 2.05) is 0 Å². The van der Waals surface area contributed by atoms with Gasteiger partial charge in [-0.1, -0.05) is 42.1 Å². The second-order valence-electron chi connectivity index (χ2n) is 4.75. The van der Waals surface area contributed by atoms with Gasteiger partial charge in [-0.25, -0.2) is 0 Å². The number of alkyl halides is 1. The molecule has 4 heteroatoms. The zero-order valence-electron chi connectivity index (χ0n) is 9.46. The number of hydrogen-bond acceptors (Lipinski definition) is 2. The minimum atomic E-state index is 0.250. The van der Waals surface area contributed by atoms with E-state index in [0.717, 1.165) is 17.0 Å². The number of nitrogens with zero attached hydrogens (tertiary/aromatic N) is 3. The van der Waals surface area contributed by atoms with Crippen LogP contribution in [-0.2, 0) is 17.8 Å². The summed E-state index contributed by atoms with van der Waals surface area (Å²) in [5.41, 5.74) is 0.250. The molecule has 0 atom stereocenters. The van der Waals surface area contributed by atoms with Gasteiger partial charge in [-0.15, -0.1) is 10.2 Å². The highest BCUT2D eigenvalue weighted by atomic mass is 79.9. The number of halogens is 1. The third-order valence-electron chi connectivity index (χ3n) is 3.58. The molecule has 0 N–H and O–H groups in total. The fourth-order valence-electron chi connectivity index (χ4n) is 2.56. The van der Waals surface area contributed by atoms with E-state index in [0.29, 0.717) is 0 Å². The lowest BCUT2D eigenvalue weighted by Gasteiger charge is -2.32. The van der Waals surface area contributed by atoms with Crippen molar-refractivity contribution in [2.24, 2.45) is 7.05 Å². The zero-order valence-corrected chi connectivity index (χ0v) is 11.0. The second kappa shape index (κ2) is 4.24. The lowest BCUT2D eigenvalue weighted by Crippen LogP contribution is -2.28. The molecule has 0 aromatic carbocycles. The van der Waals surface area contributed by atoms with E-state index in [2.05, 4.69) is 44.7 Å². The van der Waals surface area contributed by atoms with Crippen molar-refractivity contribution in [1.82, 2.24) is 14.8 Å². The highest BCUT2D eigenvalue weighted by Gasteiger charge is 2.33. The van der Waals surface area contributed by atoms with E-state index < -0.39 is 0 Å². The molecule has 0 radical (unpaired) electrons. The van der Waals surface area contributed by atoms with Crippen molar-refractivity contribution in [3.63, 3.8) is 0 Å². The fraction of sp³-hybridized carbons (Fsp3) is 0.818. The highest BCUT2D eigenvalue weighted by molar-refractivity contribution is 9.08. The third kappa shape index (κ3) is 1.96. The van der Waals surface area contributed by atoms with Crippen LogP contribution in [0.25, 0.3) is 0 Å². The summed E-state index contributed by atoms with van der Waals surface area (Å²) in [6, 6.07) is 0. The van der Waals surface area contributed by atoms with Crippen LogP contribution in [0.4, 0.5) is 0 Å². The van der Waals surface area contributed by atoms with Crippen molar-refractivity contribution in [3.8, 4) is 0 Å². The first kappa shape index (κ1) is 11.1. The summed E-state index contributed by atoms with van der Waals surface area (Å²) < 4.78 is 2.15. The normalized spacial score (nSPS) is 20.5. The predicted molar refractivity (Wildman–Crippen MR) is 64.1 cm³/mol. The molecular formula is C11H18BrN3. The molecular weight excluding hydrogens is 254 g/mol. The van der Waals surface area contributed by atoms with Gasteiger partial charge in [0.2, 0.25) is 0 Å². The van der Waals surface area contributed by atoms with Crippen LogP contribution in [-0.4, -0.2) is 14.8 Å². The summed E-state index contributed by atoms with van der Waals surface area (Å²) in [4.78, 5) is 0. The monoisotopic (exact) mass is 271 g/mol. The van der Waals surface area contributed by atoms with E-state index >= 15 is 0 Å². The Balaban J connectivity index is 2.30. The molecule has 3 nitrogen and oxygen atoms in total. The fourth-order valence-corrected chi connectivity index (χ4v) is 3.05. The largest absolute Gasteiger partial charge is 0.317 e. The minimum absolute atomic E-state index is 0.250. The molecule has 1 aromatic heterocycles. The van der Waals surface area contributed by atoms with Crippen LogP contribution in [0, 0.1) is 0 Å². The molecule has 84 valence electrons. The van der Waals surface area contributed by atoms with Gasteiger partial charge in [0.25, 0.3) is 0 Å². The second-order valence-corrected chi connectivity index (χ2v) is 5.31. The van der Waals surface area contributed by atoms with Gasteiger partial charge in [-0.05, 0) is 12.8 Å². The first-order chi connectivity index (χ1) is 7.17. The Morgan fingerprint density at radius 2 is 1.93 bits per heavy atom. The Morgan fingerprint density at radius 1 is 1.27 bits per heavy atom. The van der Waals surface area contributed by atoms with Gasteiger partial charge in [0.05, 0.1) is 5.33 Å². The van der Waals surface area contributed by atoms with Crippen molar-refractivity contribution in [2.75, 3.05) is 0 Å². The van der Waals surface area contributed by atoms with Crippen LogP contribution in [0.3, 0.4) is 0 Å². The van der Waals surface area contributed by atoms with Gasteiger partial charge in [0.1, 0.15) is 11.6 Å². The van der Waals surface area contributed by atoms with Crippen LogP contribution < -0.4 is 0 Å². The lowest BCUT2D eigenvalue weighted by atomic mass is 9.75. The highest BCUT2D eigenvalue weighted by Crippen LogP contribution is 2.37. The number of rotatable bonds is 2. The Bertz CT molecular complexity index is 340. The Morgan fingerprint density at radius 3 is 2.47 bits per heavy atom. The van der Waals surface area contributed by atoms with Gasteiger partial charge >= 0.3 is 0 Å². The van der Waals surface area contributed by atoms with E-state index in [1.54, 1.807) is 0 Å². The Hall–Kier alpha value is -0.380. The molecule has 0 unspecified atom stereocenters. The van der Waals surface area contributed by atoms with Crippen molar-refractivity contribution in [3.05, 3.63) is 11.6 Å². The predicted octanol–water partition coefficient (Wildman–Crippen LogP) is 2.93. The van der Waals surface area contributed by atoms with E-state index in [4.69, 9.17) is 0 Å². The molecule has 1 aromatic rings. The number of aromatic nitrogens is 3. The van der Waals surface area contributed by atoms with Crippen molar-refractivity contribution < 1.29 is 0 Å². The summed E-state index contributed by atoms with van der Waals surface area (Å²) in [6.07, 6.45) is 6.53. The molecule has 2 rings (SSSR count). The molecule has 15 heavy (non-hydrogen) atoms.